The zero-order chi connectivity index (χ0) is 17.2. The molecule has 1 saturated heterocycles. The van der Waals surface area contributed by atoms with Gasteiger partial charge in [0.05, 0.1) is 21.8 Å². The molecular formula is C19H19N5S. The van der Waals surface area contributed by atoms with Crippen LogP contribution >= 0.6 is 11.3 Å². The van der Waals surface area contributed by atoms with Gasteiger partial charge in [0.25, 0.3) is 0 Å². The Balaban J connectivity index is 1.47. The summed E-state index contributed by atoms with van der Waals surface area (Å²) in [5, 5.41) is 10.4. The number of fused-ring (bicyclic) bond motifs is 1. The third kappa shape index (κ3) is 3.09. The molecule has 6 heteroatoms. The van der Waals surface area contributed by atoms with Crippen LogP contribution in [0.4, 0.5) is 5.82 Å². The summed E-state index contributed by atoms with van der Waals surface area (Å²) in [6, 6.07) is 14.5. The SMILES string of the molecule is CC(c1nc2ccccc2s1)N1CCN(c2ncccc2C#N)CC1. The molecule has 1 atom stereocenters. The zero-order valence-corrected chi connectivity index (χ0v) is 14.9. The van der Waals surface area contributed by atoms with Crippen LogP contribution in [0.2, 0.25) is 0 Å². The number of nitrogens with zero attached hydrogens (tertiary/aromatic N) is 5. The van der Waals surface area contributed by atoms with Crippen molar-refractivity contribution >= 4 is 27.4 Å². The lowest BCUT2D eigenvalue weighted by Crippen LogP contribution is -2.47. The average Bonchev–Trinajstić information content (AvgIpc) is 3.12. The number of hydrogen-bond donors (Lipinski definition) is 0. The van der Waals surface area contributed by atoms with Gasteiger partial charge in [-0.25, -0.2) is 9.97 Å². The summed E-state index contributed by atoms with van der Waals surface area (Å²) in [4.78, 5) is 13.9. The Morgan fingerprint density at radius 3 is 2.68 bits per heavy atom. The predicted octanol–water partition coefficient (Wildman–Crippen LogP) is 3.45. The van der Waals surface area contributed by atoms with Gasteiger partial charge in [-0.05, 0) is 31.2 Å². The van der Waals surface area contributed by atoms with Gasteiger partial charge >= 0.3 is 0 Å². The van der Waals surface area contributed by atoms with Crippen molar-refractivity contribution in [3.63, 3.8) is 0 Å². The van der Waals surface area contributed by atoms with E-state index in [4.69, 9.17) is 4.98 Å². The average molecular weight is 349 g/mol. The van der Waals surface area contributed by atoms with E-state index in [-0.39, 0.29) is 0 Å². The Morgan fingerprint density at radius 2 is 1.92 bits per heavy atom. The Hall–Kier alpha value is -2.49. The van der Waals surface area contributed by atoms with Crippen LogP contribution in [0.5, 0.6) is 0 Å². The minimum Gasteiger partial charge on any atom is -0.353 e. The summed E-state index contributed by atoms with van der Waals surface area (Å²) in [6.45, 7) is 5.87. The number of aromatic nitrogens is 2. The van der Waals surface area contributed by atoms with Gasteiger partial charge in [0, 0.05) is 32.4 Å². The molecule has 3 heterocycles. The van der Waals surface area contributed by atoms with Crippen molar-refractivity contribution in [3.05, 3.63) is 53.2 Å². The molecule has 0 aliphatic carbocycles. The van der Waals surface area contributed by atoms with Crippen LogP contribution in [0, 0.1) is 11.3 Å². The van der Waals surface area contributed by atoms with Crippen LogP contribution < -0.4 is 4.90 Å². The number of piperazine rings is 1. The molecule has 2 aromatic heterocycles. The minimum absolute atomic E-state index is 0.304. The second kappa shape index (κ2) is 6.79. The molecule has 1 aliphatic heterocycles. The van der Waals surface area contributed by atoms with E-state index in [0.717, 1.165) is 37.5 Å². The standard InChI is InChI=1S/C19H19N5S/c1-14(19-22-16-6-2-3-7-17(16)25-19)23-9-11-24(12-10-23)18-15(13-20)5-4-8-21-18/h2-8,14H,9-12H2,1H3. The fraction of sp³-hybridized carbons (Fsp3) is 0.316. The number of nitriles is 1. The molecule has 1 aromatic carbocycles. The topological polar surface area (TPSA) is 56.1 Å². The molecule has 1 fully saturated rings. The molecule has 0 radical (unpaired) electrons. The van der Waals surface area contributed by atoms with Gasteiger partial charge in [-0.3, -0.25) is 4.90 Å². The molecule has 3 aromatic rings. The molecule has 0 N–H and O–H groups in total. The second-order valence-corrected chi connectivity index (χ2v) is 7.27. The van der Waals surface area contributed by atoms with Crippen LogP contribution in [-0.4, -0.2) is 41.0 Å². The maximum atomic E-state index is 9.27. The molecule has 25 heavy (non-hydrogen) atoms. The van der Waals surface area contributed by atoms with Gasteiger partial charge in [0.1, 0.15) is 16.9 Å². The highest BCUT2D eigenvalue weighted by Crippen LogP contribution is 2.30. The largest absolute Gasteiger partial charge is 0.353 e. The minimum atomic E-state index is 0.304. The van der Waals surface area contributed by atoms with E-state index in [1.807, 2.05) is 18.2 Å². The van der Waals surface area contributed by atoms with Crippen LogP contribution in [-0.2, 0) is 0 Å². The molecule has 0 bridgehead atoms. The maximum absolute atomic E-state index is 9.27. The fourth-order valence-electron chi connectivity index (χ4n) is 3.28. The highest BCUT2D eigenvalue weighted by atomic mass is 32.1. The lowest BCUT2D eigenvalue weighted by Gasteiger charge is -2.38. The smallest absolute Gasteiger partial charge is 0.146 e. The van der Waals surface area contributed by atoms with Crippen LogP contribution in [0.25, 0.3) is 10.2 Å². The van der Waals surface area contributed by atoms with E-state index in [2.05, 4.69) is 46.0 Å². The van der Waals surface area contributed by atoms with Crippen LogP contribution in [0.1, 0.15) is 23.5 Å². The van der Waals surface area contributed by atoms with Crippen molar-refractivity contribution in [1.29, 1.82) is 5.26 Å². The van der Waals surface area contributed by atoms with Gasteiger partial charge in [-0.2, -0.15) is 5.26 Å². The number of hydrogen-bond acceptors (Lipinski definition) is 6. The Kier molecular flexibility index (Phi) is 4.35. The summed E-state index contributed by atoms with van der Waals surface area (Å²) < 4.78 is 1.25. The fourth-order valence-corrected chi connectivity index (χ4v) is 4.34. The molecule has 1 aliphatic rings. The first-order valence-corrected chi connectivity index (χ1v) is 9.27. The summed E-state index contributed by atoms with van der Waals surface area (Å²) in [6.07, 6.45) is 1.76. The quantitative estimate of drug-likeness (QED) is 0.725. The summed E-state index contributed by atoms with van der Waals surface area (Å²) in [5.74, 6) is 0.803. The zero-order valence-electron chi connectivity index (χ0n) is 14.1. The molecule has 4 rings (SSSR count). The molecule has 0 amide bonds. The molecule has 0 spiro atoms. The van der Waals surface area contributed by atoms with Crippen LogP contribution in [0.3, 0.4) is 0 Å². The summed E-state index contributed by atoms with van der Waals surface area (Å²) in [5.41, 5.74) is 1.73. The molecule has 1 unspecified atom stereocenters. The highest BCUT2D eigenvalue weighted by molar-refractivity contribution is 7.18. The van der Waals surface area contributed by atoms with E-state index in [0.29, 0.717) is 11.6 Å². The van der Waals surface area contributed by atoms with Gasteiger partial charge in [-0.15, -0.1) is 11.3 Å². The lowest BCUT2D eigenvalue weighted by atomic mass is 10.2. The first-order chi connectivity index (χ1) is 12.3. The van der Waals surface area contributed by atoms with Gasteiger partial charge in [-0.1, -0.05) is 12.1 Å². The summed E-state index contributed by atoms with van der Waals surface area (Å²) >= 11 is 1.78. The van der Waals surface area contributed by atoms with Crippen molar-refractivity contribution < 1.29 is 0 Å². The van der Waals surface area contributed by atoms with E-state index in [9.17, 15) is 5.26 Å². The lowest BCUT2D eigenvalue weighted by molar-refractivity contribution is 0.198. The first kappa shape index (κ1) is 16.0. The van der Waals surface area contributed by atoms with Crippen molar-refractivity contribution in [2.45, 2.75) is 13.0 Å². The number of para-hydroxylation sites is 1. The Bertz CT molecular complexity index is 888. The second-order valence-electron chi connectivity index (χ2n) is 6.21. The van der Waals surface area contributed by atoms with Crippen LogP contribution in [0.15, 0.2) is 42.6 Å². The number of anilines is 1. The van der Waals surface area contributed by atoms with E-state index < -0.39 is 0 Å². The van der Waals surface area contributed by atoms with Crippen molar-refractivity contribution in [2.75, 3.05) is 31.1 Å². The summed E-state index contributed by atoms with van der Waals surface area (Å²) in [7, 11) is 0. The van der Waals surface area contributed by atoms with E-state index >= 15 is 0 Å². The Morgan fingerprint density at radius 1 is 1.12 bits per heavy atom. The van der Waals surface area contributed by atoms with E-state index in [1.165, 1.54) is 9.71 Å². The van der Waals surface area contributed by atoms with E-state index in [1.54, 1.807) is 17.5 Å². The number of thiazole rings is 1. The Labute approximate surface area is 151 Å². The van der Waals surface area contributed by atoms with Gasteiger partial charge < -0.3 is 4.90 Å². The monoisotopic (exact) mass is 349 g/mol. The highest BCUT2D eigenvalue weighted by Gasteiger charge is 2.25. The van der Waals surface area contributed by atoms with Crippen molar-refractivity contribution in [2.24, 2.45) is 0 Å². The van der Waals surface area contributed by atoms with Crippen molar-refractivity contribution in [3.8, 4) is 6.07 Å². The number of rotatable bonds is 3. The maximum Gasteiger partial charge on any atom is 0.146 e. The third-order valence-corrected chi connectivity index (χ3v) is 5.94. The predicted molar refractivity (Wildman–Crippen MR) is 101 cm³/mol. The van der Waals surface area contributed by atoms with Gasteiger partial charge in [0.2, 0.25) is 0 Å². The number of benzene rings is 1. The first-order valence-electron chi connectivity index (χ1n) is 8.46. The number of pyridine rings is 1. The van der Waals surface area contributed by atoms with Gasteiger partial charge in [0.15, 0.2) is 0 Å². The molecular weight excluding hydrogens is 330 g/mol. The third-order valence-electron chi connectivity index (χ3n) is 4.74. The molecule has 126 valence electrons. The van der Waals surface area contributed by atoms with Crippen molar-refractivity contribution in [1.82, 2.24) is 14.9 Å². The normalized spacial score (nSPS) is 16.7. The molecule has 5 nitrogen and oxygen atoms in total. The molecule has 0 saturated carbocycles.